The highest BCUT2D eigenvalue weighted by Crippen LogP contribution is 2.19. The van der Waals surface area contributed by atoms with Crippen LogP contribution in [0.15, 0.2) is 0 Å². The molecule has 1 saturated heterocycles. The van der Waals surface area contributed by atoms with Crippen molar-refractivity contribution in [3.8, 4) is 0 Å². The smallest absolute Gasteiger partial charge is 0.304 e. The van der Waals surface area contributed by atoms with E-state index in [4.69, 9.17) is 9.84 Å². The molecule has 3 nitrogen and oxygen atoms in total. The van der Waals surface area contributed by atoms with E-state index in [1.807, 2.05) is 0 Å². The molecular weight excluding hydrogens is 152 g/mol. The Morgan fingerprint density at radius 1 is 1.70 bits per heavy atom. The van der Waals surface area contributed by atoms with Crippen LogP contribution in [0.25, 0.3) is 0 Å². The summed E-state index contributed by atoms with van der Waals surface area (Å²) in [6.07, 6.45) is 0.265. The molecule has 10 heavy (non-hydrogen) atoms. The van der Waals surface area contributed by atoms with Crippen LogP contribution in [-0.2, 0) is 9.53 Å². The topological polar surface area (TPSA) is 46.5 Å². The minimum Gasteiger partial charge on any atom is -0.481 e. The van der Waals surface area contributed by atoms with E-state index in [1.54, 1.807) is 11.8 Å². The lowest BCUT2D eigenvalue weighted by molar-refractivity contribution is -0.136. The summed E-state index contributed by atoms with van der Waals surface area (Å²) in [4.78, 5) is 10.0. The number of ether oxygens (including phenoxy) is 1. The predicted octanol–water partition coefficient (Wildman–Crippen LogP) is 0.593. The standard InChI is InChI=1S/C6H10O3S/c7-6(8)1-2-10-5-3-9-4-5/h5H,1-4H2,(H,7,8). The molecule has 0 radical (unpaired) electrons. The maximum atomic E-state index is 10.0. The van der Waals surface area contributed by atoms with Crippen molar-refractivity contribution in [1.82, 2.24) is 0 Å². The summed E-state index contributed by atoms with van der Waals surface area (Å²) >= 11 is 1.69. The van der Waals surface area contributed by atoms with Crippen LogP contribution in [-0.4, -0.2) is 35.3 Å². The monoisotopic (exact) mass is 162 g/mol. The van der Waals surface area contributed by atoms with Gasteiger partial charge in [0.05, 0.1) is 24.9 Å². The molecule has 0 atom stereocenters. The summed E-state index contributed by atoms with van der Waals surface area (Å²) in [5.41, 5.74) is 0. The number of carboxylic acid groups (broad SMARTS) is 1. The molecule has 1 rings (SSSR count). The Morgan fingerprint density at radius 3 is 2.80 bits per heavy atom. The van der Waals surface area contributed by atoms with E-state index in [2.05, 4.69) is 0 Å². The highest BCUT2D eigenvalue weighted by Gasteiger charge is 2.18. The molecule has 1 aliphatic heterocycles. The second kappa shape index (κ2) is 3.83. The number of rotatable bonds is 4. The average Bonchev–Trinajstić information content (AvgIpc) is 1.75. The maximum absolute atomic E-state index is 10.0. The van der Waals surface area contributed by atoms with E-state index in [0.29, 0.717) is 11.0 Å². The lowest BCUT2D eigenvalue weighted by atomic mass is 10.4. The van der Waals surface area contributed by atoms with Crippen LogP contribution in [0.4, 0.5) is 0 Å². The van der Waals surface area contributed by atoms with Crippen LogP contribution in [0, 0.1) is 0 Å². The number of thioether (sulfide) groups is 1. The second-order valence-electron chi connectivity index (χ2n) is 2.17. The Labute approximate surface area is 63.8 Å². The van der Waals surface area contributed by atoms with E-state index in [9.17, 15) is 4.79 Å². The third-order valence-corrected chi connectivity index (χ3v) is 2.46. The molecule has 58 valence electrons. The first-order valence-electron chi connectivity index (χ1n) is 3.20. The Hall–Kier alpha value is -0.220. The van der Waals surface area contributed by atoms with Crippen molar-refractivity contribution in [2.24, 2.45) is 0 Å². The number of hydrogen-bond acceptors (Lipinski definition) is 3. The van der Waals surface area contributed by atoms with Gasteiger partial charge in [-0.1, -0.05) is 0 Å². The van der Waals surface area contributed by atoms with Crippen molar-refractivity contribution in [2.45, 2.75) is 11.7 Å². The Balaban J connectivity index is 1.89. The zero-order chi connectivity index (χ0) is 7.40. The van der Waals surface area contributed by atoms with E-state index < -0.39 is 5.97 Å². The largest absolute Gasteiger partial charge is 0.481 e. The SMILES string of the molecule is O=C(O)CCSC1COC1. The summed E-state index contributed by atoms with van der Waals surface area (Å²) in [6, 6.07) is 0. The molecule has 4 heteroatoms. The minimum absolute atomic E-state index is 0.265. The van der Waals surface area contributed by atoms with Crippen molar-refractivity contribution in [2.75, 3.05) is 19.0 Å². The zero-order valence-corrected chi connectivity index (χ0v) is 6.39. The van der Waals surface area contributed by atoms with Gasteiger partial charge in [-0.2, -0.15) is 11.8 Å². The number of carboxylic acids is 1. The van der Waals surface area contributed by atoms with Crippen LogP contribution < -0.4 is 0 Å². The van der Waals surface area contributed by atoms with E-state index >= 15 is 0 Å². The van der Waals surface area contributed by atoms with Crippen molar-refractivity contribution >= 4 is 17.7 Å². The second-order valence-corrected chi connectivity index (χ2v) is 3.58. The molecule has 0 aromatic heterocycles. The third kappa shape index (κ3) is 2.58. The number of aliphatic carboxylic acids is 1. The molecule has 0 aliphatic carbocycles. The molecule has 1 heterocycles. The number of hydrogen-bond donors (Lipinski definition) is 1. The molecule has 0 saturated carbocycles. The molecule has 0 aromatic rings. The normalized spacial score (nSPS) is 18.4. The summed E-state index contributed by atoms with van der Waals surface area (Å²) in [5, 5.41) is 8.83. The molecule has 1 fully saturated rings. The van der Waals surface area contributed by atoms with Crippen LogP contribution >= 0.6 is 11.8 Å². The Morgan fingerprint density at radius 2 is 2.40 bits per heavy atom. The molecule has 1 N–H and O–H groups in total. The van der Waals surface area contributed by atoms with E-state index in [-0.39, 0.29) is 6.42 Å². The molecule has 1 aliphatic rings. The van der Waals surface area contributed by atoms with Crippen molar-refractivity contribution < 1.29 is 14.6 Å². The van der Waals surface area contributed by atoms with Gasteiger partial charge < -0.3 is 9.84 Å². The van der Waals surface area contributed by atoms with Crippen molar-refractivity contribution in [1.29, 1.82) is 0 Å². The van der Waals surface area contributed by atoms with Gasteiger partial charge in [-0.25, -0.2) is 0 Å². The molecule has 0 amide bonds. The molecule has 0 unspecified atom stereocenters. The Bertz CT molecular complexity index is 122. The summed E-state index contributed by atoms with van der Waals surface area (Å²) in [5.74, 6) is -0.00339. The van der Waals surface area contributed by atoms with Crippen LogP contribution in [0.3, 0.4) is 0 Å². The van der Waals surface area contributed by atoms with Gasteiger partial charge in [-0.15, -0.1) is 0 Å². The van der Waals surface area contributed by atoms with Gasteiger partial charge in [0.1, 0.15) is 0 Å². The van der Waals surface area contributed by atoms with Crippen LogP contribution in [0.1, 0.15) is 6.42 Å². The van der Waals surface area contributed by atoms with Gasteiger partial charge in [0.15, 0.2) is 0 Å². The fourth-order valence-corrected chi connectivity index (χ4v) is 1.63. The zero-order valence-electron chi connectivity index (χ0n) is 5.58. The van der Waals surface area contributed by atoms with E-state index in [0.717, 1.165) is 13.2 Å². The molecule has 0 bridgehead atoms. The highest BCUT2D eigenvalue weighted by molar-refractivity contribution is 8.00. The number of carbonyl (C=O) groups is 1. The predicted molar refractivity (Wildman–Crippen MR) is 39.3 cm³/mol. The molecular formula is C6H10O3S. The lowest BCUT2D eigenvalue weighted by Crippen LogP contribution is -2.30. The first-order chi connectivity index (χ1) is 4.79. The van der Waals surface area contributed by atoms with Gasteiger partial charge >= 0.3 is 5.97 Å². The van der Waals surface area contributed by atoms with Gasteiger partial charge in [0.25, 0.3) is 0 Å². The fraction of sp³-hybridized carbons (Fsp3) is 0.833. The average molecular weight is 162 g/mol. The molecule has 0 aromatic carbocycles. The van der Waals surface area contributed by atoms with Crippen molar-refractivity contribution in [3.63, 3.8) is 0 Å². The van der Waals surface area contributed by atoms with Crippen molar-refractivity contribution in [3.05, 3.63) is 0 Å². The summed E-state index contributed by atoms with van der Waals surface area (Å²) < 4.78 is 4.92. The first kappa shape index (κ1) is 7.88. The quantitative estimate of drug-likeness (QED) is 0.657. The lowest BCUT2D eigenvalue weighted by Gasteiger charge is -2.24. The summed E-state index contributed by atoms with van der Waals surface area (Å²) in [6.45, 7) is 1.59. The van der Waals surface area contributed by atoms with Gasteiger partial charge in [0.2, 0.25) is 0 Å². The minimum atomic E-state index is -0.715. The summed E-state index contributed by atoms with van der Waals surface area (Å²) in [7, 11) is 0. The third-order valence-electron chi connectivity index (χ3n) is 1.28. The van der Waals surface area contributed by atoms with Gasteiger partial charge in [-0.05, 0) is 0 Å². The first-order valence-corrected chi connectivity index (χ1v) is 4.25. The molecule has 0 spiro atoms. The van der Waals surface area contributed by atoms with Gasteiger partial charge in [-0.3, -0.25) is 4.79 Å². The highest BCUT2D eigenvalue weighted by atomic mass is 32.2. The fourth-order valence-electron chi connectivity index (χ4n) is 0.623. The van der Waals surface area contributed by atoms with Gasteiger partial charge in [0, 0.05) is 5.75 Å². The van der Waals surface area contributed by atoms with E-state index in [1.165, 1.54) is 0 Å². The van der Waals surface area contributed by atoms with Crippen LogP contribution in [0.2, 0.25) is 0 Å². The maximum Gasteiger partial charge on any atom is 0.304 e. The van der Waals surface area contributed by atoms with Crippen LogP contribution in [0.5, 0.6) is 0 Å². The Kier molecular flexibility index (Phi) is 3.02.